The second kappa shape index (κ2) is 3.32. The highest BCUT2D eigenvalue weighted by Gasteiger charge is 1.97. The van der Waals surface area contributed by atoms with E-state index in [1.807, 2.05) is 6.07 Å². The van der Waals surface area contributed by atoms with Crippen molar-refractivity contribution in [2.45, 2.75) is 6.54 Å². The van der Waals surface area contributed by atoms with Crippen LogP contribution >= 0.6 is 0 Å². The standard InChI is InChI=1S/C8H9N5/c9-2-7-1-8(4-10-3-7)13-6-11-5-12-13/h1,3-6H,2,9H2. The van der Waals surface area contributed by atoms with Gasteiger partial charge in [0, 0.05) is 12.7 Å². The van der Waals surface area contributed by atoms with E-state index in [2.05, 4.69) is 15.1 Å². The Labute approximate surface area is 75.2 Å². The molecule has 0 spiro atoms. The van der Waals surface area contributed by atoms with Crippen molar-refractivity contribution in [1.29, 1.82) is 0 Å². The first-order valence-electron chi connectivity index (χ1n) is 3.89. The fourth-order valence-electron chi connectivity index (χ4n) is 1.05. The highest BCUT2D eigenvalue weighted by molar-refractivity contribution is 5.30. The fourth-order valence-corrected chi connectivity index (χ4v) is 1.05. The monoisotopic (exact) mass is 175 g/mol. The van der Waals surface area contributed by atoms with Crippen LogP contribution in [-0.4, -0.2) is 19.7 Å². The summed E-state index contributed by atoms with van der Waals surface area (Å²) < 4.78 is 1.64. The number of nitrogens with zero attached hydrogens (tertiary/aromatic N) is 4. The van der Waals surface area contributed by atoms with Crippen molar-refractivity contribution in [3.05, 3.63) is 36.7 Å². The minimum atomic E-state index is 0.482. The Hall–Kier alpha value is -1.75. The van der Waals surface area contributed by atoms with E-state index in [1.165, 1.54) is 6.33 Å². The normalized spacial score (nSPS) is 10.2. The van der Waals surface area contributed by atoms with Crippen LogP contribution in [0.2, 0.25) is 0 Å². The van der Waals surface area contributed by atoms with Crippen LogP contribution < -0.4 is 5.73 Å². The zero-order chi connectivity index (χ0) is 9.10. The van der Waals surface area contributed by atoms with Crippen LogP contribution in [0.4, 0.5) is 0 Å². The van der Waals surface area contributed by atoms with Crippen LogP contribution in [0.5, 0.6) is 0 Å². The minimum absolute atomic E-state index is 0.482. The van der Waals surface area contributed by atoms with E-state index in [9.17, 15) is 0 Å². The lowest BCUT2D eigenvalue weighted by Gasteiger charge is -2.01. The summed E-state index contributed by atoms with van der Waals surface area (Å²) in [7, 11) is 0. The van der Waals surface area contributed by atoms with Gasteiger partial charge in [-0.05, 0) is 11.6 Å². The summed E-state index contributed by atoms with van der Waals surface area (Å²) in [5.74, 6) is 0. The number of hydrogen-bond acceptors (Lipinski definition) is 4. The lowest BCUT2D eigenvalue weighted by Crippen LogP contribution is -2.00. The molecule has 0 aromatic carbocycles. The summed E-state index contributed by atoms with van der Waals surface area (Å²) in [5, 5.41) is 3.99. The molecule has 5 heteroatoms. The predicted molar refractivity (Wildman–Crippen MR) is 47.0 cm³/mol. The van der Waals surface area contributed by atoms with Crippen molar-refractivity contribution in [3.63, 3.8) is 0 Å². The molecule has 2 rings (SSSR count). The molecule has 0 aliphatic carbocycles. The molecule has 0 amide bonds. The molecule has 2 N–H and O–H groups in total. The van der Waals surface area contributed by atoms with Crippen LogP contribution in [0.1, 0.15) is 5.56 Å². The summed E-state index contributed by atoms with van der Waals surface area (Å²) in [6.45, 7) is 0.482. The molecule has 66 valence electrons. The summed E-state index contributed by atoms with van der Waals surface area (Å²) in [4.78, 5) is 7.89. The molecule has 2 aromatic heterocycles. The van der Waals surface area contributed by atoms with Gasteiger partial charge in [-0.1, -0.05) is 0 Å². The molecule has 2 heterocycles. The molecule has 0 radical (unpaired) electrons. The second-order valence-electron chi connectivity index (χ2n) is 2.60. The quantitative estimate of drug-likeness (QED) is 0.703. The van der Waals surface area contributed by atoms with E-state index in [-0.39, 0.29) is 0 Å². The predicted octanol–water partition coefficient (Wildman–Crippen LogP) is 0.121. The Balaban J connectivity index is 2.41. The Morgan fingerprint density at radius 3 is 2.92 bits per heavy atom. The Bertz CT molecular complexity index is 381. The molecular weight excluding hydrogens is 166 g/mol. The van der Waals surface area contributed by atoms with Crippen molar-refractivity contribution in [1.82, 2.24) is 19.7 Å². The van der Waals surface area contributed by atoms with Gasteiger partial charge in [0.05, 0.1) is 11.9 Å². The number of nitrogens with two attached hydrogens (primary N) is 1. The van der Waals surface area contributed by atoms with Crippen molar-refractivity contribution < 1.29 is 0 Å². The first-order valence-corrected chi connectivity index (χ1v) is 3.89. The third-order valence-corrected chi connectivity index (χ3v) is 1.70. The highest BCUT2D eigenvalue weighted by Crippen LogP contribution is 2.05. The van der Waals surface area contributed by atoms with Crippen molar-refractivity contribution in [2.75, 3.05) is 0 Å². The SMILES string of the molecule is NCc1cncc(-n2cncn2)c1. The van der Waals surface area contributed by atoms with Crippen molar-refractivity contribution >= 4 is 0 Å². The van der Waals surface area contributed by atoms with E-state index < -0.39 is 0 Å². The molecule has 0 unspecified atom stereocenters. The first-order chi connectivity index (χ1) is 6.40. The number of pyridine rings is 1. The van der Waals surface area contributed by atoms with Gasteiger partial charge < -0.3 is 5.73 Å². The van der Waals surface area contributed by atoms with Crippen LogP contribution in [-0.2, 0) is 6.54 Å². The van der Waals surface area contributed by atoms with E-state index in [0.717, 1.165) is 11.3 Å². The van der Waals surface area contributed by atoms with E-state index >= 15 is 0 Å². The van der Waals surface area contributed by atoms with Crippen LogP contribution in [0, 0.1) is 0 Å². The average molecular weight is 175 g/mol. The Morgan fingerprint density at radius 1 is 1.31 bits per heavy atom. The van der Waals surface area contributed by atoms with Gasteiger partial charge in [0.2, 0.25) is 0 Å². The third kappa shape index (κ3) is 1.54. The molecule has 5 nitrogen and oxygen atoms in total. The van der Waals surface area contributed by atoms with Gasteiger partial charge >= 0.3 is 0 Å². The molecular formula is C8H9N5. The Kier molecular flexibility index (Phi) is 2.01. The largest absolute Gasteiger partial charge is 0.326 e. The lowest BCUT2D eigenvalue weighted by atomic mass is 10.3. The fraction of sp³-hybridized carbons (Fsp3) is 0.125. The molecule has 0 aliphatic heterocycles. The zero-order valence-electron chi connectivity index (χ0n) is 6.96. The van der Waals surface area contributed by atoms with Gasteiger partial charge in [-0.3, -0.25) is 4.98 Å². The smallest absolute Gasteiger partial charge is 0.138 e. The summed E-state index contributed by atoms with van der Waals surface area (Å²) in [6.07, 6.45) is 6.56. The van der Waals surface area contributed by atoms with Crippen LogP contribution in [0.3, 0.4) is 0 Å². The molecule has 0 bridgehead atoms. The van der Waals surface area contributed by atoms with Gasteiger partial charge in [-0.25, -0.2) is 9.67 Å². The Morgan fingerprint density at radius 2 is 2.23 bits per heavy atom. The molecule has 0 aliphatic rings. The van der Waals surface area contributed by atoms with Crippen molar-refractivity contribution in [2.24, 2.45) is 5.73 Å². The van der Waals surface area contributed by atoms with Gasteiger partial charge in [0.25, 0.3) is 0 Å². The second-order valence-corrected chi connectivity index (χ2v) is 2.60. The van der Waals surface area contributed by atoms with Gasteiger partial charge in [-0.15, -0.1) is 0 Å². The van der Waals surface area contributed by atoms with Crippen molar-refractivity contribution in [3.8, 4) is 5.69 Å². The molecule has 0 atom stereocenters. The highest BCUT2D eigenvalue weighted by atomic mass is 15.3. The lowest BCUT2D eigenvalue weighted by molar-refractivity contribution is 0.866. The maximum absolute atomic E-state index is 5.49. The summed E-state index contributed by atoms with van der Waals surface area (Å²) in [6, 6.07) is 1.93. The summed E-state index contributed by atoms with van der Waals surface area (Å²) >= 11 is 0. The first kappa shape index (κ1) is 7.88. The topological polar surface area (TPSA) is 69.6 Å². The van der Waals surface area contributed by atoms with Gasteiger partial charge in [-0.2, -0.15) is 5.10 Å². The van der Waals surface area contributed by atoms with E-state index in [4.69, 9.17) is 5.73 Å². The van der Waals surface area contributed by atoms with E-state index in [0.29, 0.717) is 6.54 Å². The third-order valence-electron chi connectivity index (χ3n) is 1.70. The zero-order valence-corrected chi connectivity index (χ0v) is 6.96. The molecule has 2 aromatic rings. The molecule has 13 heavy (non-hydrogen) atoms. The van der Waals surface area contributed by atoms with Gasteiger partial charge in [0.15, 0.2) is 0 Å². The van der Waals surface area contributed by atoms with Crippen LogP contribution in [0.25, 0.3) is 5.69 Å². The molecule has 0 fully saturated rings. The molecule has 0 saturated carbocycles. The number of hydrogen-bond donors (Lipinski definition) is 1. The summed E-state index contributed by atoms with van der Waals surface area (Å²) in [5.41, 5.74) is 7.34. The maximum atomic E-state index is 5.49. The maximum Gasteiger partial charge on any atom is 0.138 e. The average Bonchev–Trinajstić information content (AvgIpc) is 2.71. The molecule has 0 saturated heterocycles. The number of aromatic nitrogens is 4. The minimum Gasteiger partial charge on any atom is -0.326 e. The van der Waals surface area contributed by atoms with Crippen LogP contribution in [0.15, 0.2) is 31.1 Å². The van der Waals surface area contributed by atoms with E-state index in [1.54, 1.807) is 23.4 Å². The number of rotatable bonds is 2. The van der Waals surface area contributed by atoms with Gasteiger partial charge in [0.1, 0.15) is 12.7 Å².